The Balaban J connectivity index is 1.33. The van der Waals surface area contributed by atoms with Crippen LogP contribution in [0.25, 0.3) is 21.0 Å². The Bertz CT molecular complexity index is 818. The zero-order valence-electron chi connectivity index (χ0n) is 13.2. The standard InChI is InChI=1S/C18H19N3O2S/c22-17(11-19-9-12-5-6-12)20-10-13-7-8-15(23-13)18-21-14-3-1-2-4-16(14)24-18/h1-4,7-8,12,19H,5-6,9-11H2,(H,20,22). The van der Waals surface area contributed by atoms with E-state index in [1.165, 1.54) is 12.8 Å². The van der Waals surface area contributed by atoms with Crippen molar-refractivity contribution in [2.75, 3.05) is 13.1 Å². The van der Waals surface area contributed by atoms with Gasteiger partial charge in [-0.05, 0) is 49.6 Å². The van der Waals surface area contributed by atoms with E-state index >= 15 is 0 Å². The predicted molar refractivity (Wildman–Crippen MR) is 94.8 cm³/mol. The monoisotopic (exact) mass is 341 g/mol. The van der Waals surface area contributed by atoms with Crippen LogP contribution < -0.4 is 10.6 Å². The number of furan rings is 1. The molecule has 0 spiro atoms. The highest BCUT2D eigenvalue weighted by Gasteiger charge is 2.20. The molecule has 1 fully saturated rings. The molecular formula is C18H19N3O2S. The molecule has 1 aromatic carbocycles. The van der Waals surface area contributed by atoms with Gasteiger partial charge in [0.15, 0.2) is 10.8 Å². The molecule has 124 valence electrons. The smallest absolute Gasteiger partial charge is 0.234 e. The first-order valence-corrected chi connectivity index (χ1v) is 9.01. The number of fused-ring (bicyclic) bond motifs is 1. The summed E-state index contributed by atoms with van der Waals surface area (Å²) >= 11 is 1.61. The van der Waals surface area contributed by atoms with Gasteiger partial charge in [0.05, 0.1) is 23.3 Å². The molecular weight excluding hydrogens is 322 g/mol. The topological polar surface area (TPSA) is 67.2 Å². The molecule has 0 bridgehead atoms. The number of carbonyl (C=O) groups is 1. The van der Waals surface area contributed by atoms with E-state index in [1.54, 1.807) is 11.3 Å². The molecule has 6 heteroatoms. The minimum Gasteiger partial charge on any atom is -0.457 e. The molecule has 1 saturated carbocycles. The van der Waals surface area contributed by atoms with Gasteiger partial charge in [-0.3, -0.25) is 4.79 Å². The molecule has 0 aliphatic heterocycles. The molecule has 0 radical (unpaired) electrons. The zero-order valence-corrected chi connectivity index (χ0v) is 14.1. The summed E-state index contributed by atoms with van der Waals surface area (Å²) < 4.78 is 6.95. The first-order valence-electron chi connectivity index (χ1n) is 8.20. The number of nitrogens with zero attached hydrogens (tertiary/aromatic N) is 1. The van der Waals surface area contributed by atoms with Crippen LogP contribution in [0.15, 0.2) is 40.8 Å². The Morgan fingerprint density at radius 3 is 2.96 bits per heavy atom. The van der Waals surface area contributed by atoms with E-state index in [4.69, 9.17) is 4.42 Å². The molecule has 0 atom stereocenters. The fourth-order valence-corrected chi connectivity index (χ4v) is 3.45. The Labute approximate surface area is 144 Å². The average molecular weight is 341 g/mol. The van der Waals surface area contributed by atoms with E-state index in [0.717, 1.165) is 39.2 Å². The average Bonchev–Trinajstić information content (AvgIpc) is 3.13. The first kappa shape index (κ1) is 15.4. The number of hydrogen-bond acceptors (Lipinski definition) is 5. The van der Waals surface area contributed by atoms with Gasteiger partial charge in [0.25, 0.3) is 0 Å². The number of thiazole rings is 1. The predicted octanol–water partition coefficient (Wildman–Crippen LogP) is 3.17. The molecule has 1 amide bonds. The van der Waals surface area contributed by atoms with Crippen LogP contribution in [0.3, 0.4) is 0 Å². The zero-order chi connectivity index (χ0) is 16.4. The van der Waals surface area contributed by atoms with Crippen molar-refractivity contribution < 1.29 is 9.21 Å². The summed E-state index contributed by atoms with van der Waals surface area (Å²) in [6, 6.07) is 11.8. The van der Waals surface area contributed by atoms with Crippen LogP contribution in [0.1, 0.15) is 18.6 Å². The molecule has 5 nitrogen and oxygen atoms in total. The highest BCUT2D eigenvalue weighted by molar-refractivity contribution is 7.21. The third-order valence-corrected chi connectivity index (χ3v) is 5.09. The molecule has 2 N–H and O–H groups in total. The normalized spacial score (nSPS) is 14.2. The maximum Gasteiger partial charge on any atom is 0.234 e. The van der Waals surface area contributed by atoms with Crippen molar-refractivity contribution in [3.8, 4) is 10.8 Å². The van der Waals surface area contributed by atoms with Crippen LogP contribution in [0.2, 0.25) is 0 Å². The molecule has 1 aliphatic rings. The molecule has 24 heavy (non-hydrogen) atoms. The summed E-state index contributed by atoms with van der Waals surface area (Å²) in [5.74, 6) is 2.25. The minimum absolute atomic E-state index is 0.00594. The maximum absolute atomic E-state index is 11.8. The van der Waals surface area contributed by atoms with Gasteiger partial charge in [-0.1, -0.05) is 12.1 Å². The van der Waals surface area contributed by atoms with E-state index in [1.807, 2.05) is 30.3 Å². The maximum atomic E-state index is 11.8. The lowest BCUT2D eigenvalue weighted by molar-refractivity contribution is -0.120. The van der Waals surface area contributed by atoms with E-state index in [-0.39, 0.29) is 5.91 Å². The number of benzene rings is 1. The summed E-state index contributed by atoms with van der Waals surface area (Å²) in [4.78, 5) is 16.4. The van der Waals surface area contributed by atoms with Crippen LogP contribution >= 0.6 is 11.3 Å². The summed E-state index contributed by atoms with van der Waals surface area (Å²) in [6.45, 7) is 1.70. The van der Waals surface area contributed by atoms with Crippen molar-refractivity contribution in [3.63, 3.8) is 0 Å². The molecule has 0 saturated heterocycles. The van der Waals surface area contributed by atoms with Gasteiger partial charge in [-0.15, -0.1) is 11.3 Å². The Kier molecular flexibility index (Phi) is 4.32. The highest BCUT2D eigenvalue weighted by Crippen LogP contribution is 2.31. The van der Waals surface area contributed by atoms with Gasteiger partial charge < -0.3 is 15.1 Å². The summed E-state index contributed by atoms with van der Waals surface area (Å²) in [5.41, 5.74) is 0.977. The second kappa shape index (κ2) is 6.75. The number of hydrogen-bond donors (Lipinski definition) is 2. The quantitative estimate of drug-likeness (QED) is 0.693. The number of aromatic nitrogens is 1. The number of carbonyl (C=O) groups excluding carboxylic acids is 1. The third kappa shape index (κ3) is 3.66. The lowest BCUT2D eigenvalue weighted by Crippen LogP contribution is -2.34. The van der Waals surface area contributed by atoms with Gasteiger partial charge in [-0.25, -0.2) is 4.98 Å². The summed E-state index contributed by atoms with van der Waals surface area (Å²) in [5, 5.41) is 6.91. The van der Waals surface area contributed by atoms with E-state index in [0.29, 0.717) is 13.1 Å². The van der Waals surface area contributed by atoms with Crippen molar-refractivity contribution in [2.24, 2.45) is 5.92 Å². The van der Waals surface area contributed by atoms with Crippen molar-refractivity contribution in [2.45, 2.75) is 19.4 Å². The molecule has 2 aromatic heterocycles. The Morgan fingerprint density at radius 2 is 2.12 bits per heavy atom. The van der Waals surface area contributed by atoms with Crippen molar-refractivity contribution >= 4 is 27.5 Å². The fourth-order valence-electron chi connectivity index (χ4n) is 2.53. The van der Waals surface area contributed by atoms with Crippen molar-refractivity contribution in [1.29, 1.82) is 0 Å². The van der Waals surface area contributed by atoms with E-state index in [2.05, 4.69) is 21.7 Å². The van der Waals surface area contributed by atoms with Crippen LogP contribution in [0.5, 0.6) is 0 Å². The first-order chi connectivity index (χ1) is 11.8. The van der Waals surface area contributed by atoms with Gasteiger partial charge >= 0.3 is 0 Å². The molecule has 0 unspecified atom stereocenters. The molecule has 2 heterocycles. The lowest BCUT2D eigenvalue weighted by Gasteiger charge is -2.04. The second-order valence-electron chi connectivity index (χ2n) is 6.10. The minimum atomic E-state index is -0.00594. The third-order valence-electron chi connectivity index (χ3n) is 4.04. The van der Waals surface area contributed by atoms with Gasteiger partial charge in [-0.2, -0.15) is 0 Å². The number of rotatable bonds is 7. The van der Waals surface area contributed by atoms with E-state index in [9.17, 15) is 4.79 Å². The van der Waals surface area contributed by atoms with Crippen LogP contribution in [-0.4, -0.2) is 24.0 Å². The van der Waals surface area contributed by atoms with Gasteiger partial charge in [0.1, 0.15) is 5.76 Å². The SMILES string of the molecule is O=C(CNCC1CC1)NCc1ccc(-c2nc3ccccc3s2)o1. The fraction of sp³-hybridized carbons (Fsp3) is 0.333. The number of amides is 1. The summed E-state index contributed by atoms with van der Waals surface area (Å²) in [6.07, 6.45) is 2.57. The lowest BCUT2D eigenvalue weighted by atomic mass is 10.3. The largest absolute Gasteiger partial charge is 0.457 e. The molecule has 4 rings (SSSR count). The number of para-hydroxylation sites is 1. The Hall–Kier alpha value is -2.18. The van der Waals surface area contributed by atoms with Crippen molar-refractivity contribution in [3.05, 3.63) is 42.2 Å². The van der Waals surface area contributed by atoms with Crippen LogP contribution in [0.4, 0.5) is 0 Å². The van der Waals surface area contributed by atoms with Crippen LogP contribution in [0, 0.1) is 5.92 Å². The number of nitrogens with one attached hydrogen (secondary N) is 2. The second-order valence-corrected chi connectivity index (χ2v) is 7.13. The molecule has 3 aromatic rings. The van der Waals surface area contributed by atoms with Gasteiger partial charge in [0.2, 0.25) is 5.91 Å². The van der Waals surface area contributed by atoms with Crippen molar-refractivity contribution in [1.82, 2.24) is 15.6 Å². The molecule has 1 aliphatic carbocycles. The van der Waals surface area contributed by atoms with E-state index < -0.39 is 0 Å². The highest BCUT2D eigenvalue weighted by atomic mass is 32.1. The van der Waals surface area contributed by atoms with Gasteiger partial charge in [0, 0.05) is 0 Å². The Morgan fingerprint density at radius 1 is 1.25 bits per heavy atom. The summed E-state index contributed by atoms with van der Waals surface area (Å²) in [7, 11) is 0. The van der Waals surface area contributed by atoms with Crippen LogP contribution in [-0.2, 0) is 11.3 Å².